The molecule has 0 radical (unpaired) electrons. The van der Waals surface area contributed by atoms with E-state index < -0.39 is 10.8 Å². The summed E-state index contributed by atoms with van der Waals surface area (Å²) in [4.78, 5) is 18.6. The molecule has 0 atom stereocenters. The molecule has 1 fully saturated rings. The third kappa shape index (κ3) is 2.62. The zero-order chi connectivity index (χ0) is 14.8. The van der Waals surface area contributed by atoms with E-state index in [-0.39, 0.29) is 5.91 Å². The zero-order valence-electron chi connectivity index (χ0n) is 11.4. The van der Waals surface area contributed by atoms with Crippen LogP contribution in [-0.4, -0.2) is 44.6 Å². The van der Waals surface area contributed by atoms with Crippen LogP contribution in [0.1, 0.15) is 10.4 Å². The number of nitrogens with one attached hydrogen (secondary N) is 1. The van der Waals surface area contributed by atoms with Gasteiger partial charge in [-0.1, -0.05) is 24.3 Å². The summed E-state index contributed by atoms with van der Waals surface area (Å²) in [6.07, 6.45) is 1.55. The monoisotopic (exact) mass is 304 g/mol. The maximum atomic E-state index is 12.7. The molecule has 1 aliphatic heterocycles. The Kier molecular flexibility index (Phi) is 3.85. The first-order valence-electron chi connectivity index (χ1n) is 6.69. The van der Waals surface area contributed by atoms with Crippen molar-refractivity contribution in [2.24, 2.45) is 5.84 Å². The number of carbonyl (C=O) groups is 1. The highest BCUT2D eigenvalue weighted by molar-refractivity contribution is 7.85. The number of nitrogens with zero attached hydrogens (tertiary/aromatic N) is 2. The second kappa shape index (κ2) is 5.79. The van der Waals surface area contributed by atoms with Crippen LogP contribution in [0.3, 0.4) is 0 Å². The van der Waals surface area contributed by atoms with E-state index in [1.165, 1.54) is 0 Å². The topological polar surface area (TPSA) is 88.3 Å². The number of hydrazine groups is 1. The maximum absolute atomic E-state index is 12.7. The number of nitrogen functional groups attached to an aromatic ring is 1. The largest absolute Gasteiger partial charge is 0.337 e. The van der Waals surface area contributed by atoms with Crippen molar-refractivity contribution >= 4 is 33.3 Å². The number of pyridine rings is 1. The molecule has 1 aromatic heterocycles. The normalized spacial score (nSPS) is 16.1. The smallest absolute Gasteiger partial charge is 0.256 e. The molecule has 7 heteroatoms. The molecule has 1 saturated heterocycles. The Labute approximate surface area is 124 Å². The first kappa shape index (κ1) is 14.0. The van der Waals surface area contributed by atoms with Gasteiger partial charge in [-0.15, -0.1) is 0 Å². The molecule has 110 valence electrons. The predicted octanol–water partition coefficient (Wildman–Crippen LogP) is 0.725. The van der Waals surface area contributed by atoms with Crippen LogP contribution in [-0.2, 0) is 10.8 Å². The van der Waals surface area contributed by atoms with E-state index in [4.69, 9.17) is 5.84 Å². The molecule has 0 spiro atoms. The fourth-order valence-electron chi connectivity index (χ4n) is 2.49. The van der Waals surface area contributed by atoms with Gasteiger partial charge in [0.15, 0.2) is 0 Å². The Hall–Kier alpha value is -1.99. The fourth-order valence-corrected chi connectivity index (χ4v) is 3.54. The van der Waals surface area contributed by atoms with Gasteiger partial charge in [0.25, 0.3) is 5.91 Å². The highest BCUT2D eigenvalue weighted by Gasteiger charge is 2.23. The van der Waals surface area contributed by atoms with E-state index in [2.05, 4.69) is 10.4 Å². The molecule has 3 N–H and O–H groups in total. The molecule has 0 bridgehead atoms. The van der Waals surface area contributed by atoms with Crippen molar-refractivity contribution in [1.29, 1.82) is 0 Å². The quantitative estimate of drug-likeness (QED) is 0.630. The minimum atomic E-state index is -0.802. The molecular formula is C14H16N4O2S. The number of hydrogen-bond acceptors (Lipinski definition) is 5. The number of nitrogens with two attached hydrogens (primary N) is 1. The molecule has 0 aliphatic carbocycles. The molecule has 0 unspecified atom stereocenters. The van der Waals surface area contributed by atoms with Crippen molar-refractivity contribution in [2.45, 2.75) is 0 Å². The van der Waals surface area contributed by atoms with E-state index in [9.17, 15) is 9.00 Å². The van der Waals surface area contributed by atoms with E-state index in [0.29, 0.717) is 36.0 Å². The lowest BCUT2D eigenvalue weighted by atomic mass is 10.1. The number of aromatic nitrogens is 1. The van der Waals surface area contributed by atoms with E-state index in [1.807, 2.05) is 24.3 Å². The molecule has 2 aromatic rings. The minimum Gasteiger partial charge on any atom is -0.337 e. The van der Waals surface area contributed by atoms with Crippen LogP contribution in [0.4, 0.5) is 5.82 Å². The van der Waals surface area contributed by atoms with Gasteiger partial charge in [-0.3, -0.25) is 9.00 Å². The van der Waals surface area contributed by atoms with E-state index >= 15 is 0 Å². The van der Waals surface area contributed by atoms with Gasteiger partial charge in [0, 0.05) is 47.0 Å². The Bertz CT molecular complexity index is 709. The van der Waals surface area contributed by atoms with Crippen LogP contribution in [0.5, 0.6) is 0 Å². The van der Waals surface area contributed by atoms with E-state index in [0.717, 1.165) is 10.8 Å². The fraction of sp³-hybridized carbons (Fsp3) is 0.286. The second-order valence-electron chi connectivity index (χ2n) is 4.85. The molecular weight excluding hydrogens is 288 g/mol. The van der Waals surface area contributed by atoms with Crippen molar-refractivity contribution in [3.8, 4) is 0 Å². The highest BCUT2D eigenvalue weighted by atomic mass is 32.2. The number of carbonyl (C=O) groups excluding carboxylic acids is 1. The summed E-state index contributed by atoms with van der Waals surface area (Å²) >= 11 is 0. The van der Waals surface area contributed by atoms with Crippen LogP contribution in [0.2, 0.25) is 0 Å². The summed E-state index contributed by atoms with van der Waals surface area (Å²) in [6, 6.07) is 7.51. The molecule has 1 amide bonds. The van der Waals surface area contributed by atoms with Crippen LogP contribution in [0, 0.1) is 0 Å². The Balaban J connectivity index is 2.00. The summed E-state index contributed by atoms with van der Waals surface area (Å²) in [5.41, 5.74) is 3.10. The van der Waals surface area contributed by atoms with Crippen molar-refractivity contribution in [3.05, 3.63) is 36.0 Å². The standard InChI is InChI=1S/C14H16N4O2S/c15-17-13-11-4-2-1-3-10(11)12(9-16-13)14(19)18-5-7-21(20)8-6-18/h1-4,9H,5-8,15H2,(H,16,17). The molecule has 0 saturated carbocycles. The van der Waals surface area contributed by atoms with Gasteiger partial charge < -0.3 is 10.3 Å². The summed E-state index contributed by atoms with van der Waals surface area (Å²) in [5, 5.41) is 1.63. The average Bonchev–Trinajstić information content (AvgIpc) is 2.54. The summed E-state index contributed by atoms with van der Waals surface area (Å²) in [6.45, 7) is 1.05. The number of hydrogen-bond donors (Lipinski definition) is 2. The third-order valence-corrected chi connectivity index (χ3v) is 4.90. The number of amides is 1. The van der Waals surface area contributed by atoms with Crippen molar-refractivity contribution < 1.29 is 9.00 Å². The first-order chi connectivity index (χ1) is 10.2. The van der Waals surface area contributed by atoms with Crippen LogP contribution in [0.25, 0.3) is 10.8 Å². The van der Waals surface area contributed by atoms with Gasteiger partial charge in [-0.2, -0.15) is 0 Å². The van der Waals surface area contributed by atoms with Gasteiger partial charge in [-0.05, 0) is 5.39 Å². The predicted molar refractivity (Wildman–Crippen MR) is 83.3 cm³/mol. The molecule has 3 rings (SSSR count). The Morgan fingerprint density at radius 1 is 1.24 bits per heavy atom. The van der Waals surface area contributed by atoms with Crippen molar-refractivity contribution in [1.82, 2.24) is 9.88 Å². The van der Waals surface area contributed by atoms with E-state index in [1.54, 1.807) is 11.1 Å². The molecule has 2 heterocycles. The minimum absolute atomic E-state index is 0.0704. The number of anilines is 1. The maximum Gasteiger partial charge on any atom is 0.256 e. The lowest BCUT2D eigenvalue weighted by molar-refractivity contribution is 0.0773. The highest BCUT2D eigenvalue weighted by Crippen LogP contribution is 2.25. The Morgan fingerprint density at radius 3 is 2.57 bits per heavy atom. The van der Waals surface area contributed by atoms with Crippen molar-refractivity contribution in [3.63, 3.8) is 0 Å². The zero-order valence-corrected chi connectivity index (χ0v) is 12.2. The number of fused-ring (bicyclic) bond motifs is 1. The molecule has 21 heavy (non-hydrogen) atoms. The lowest BCUT2D eigenvalue weighted by Gasteiger charge is -2.26. The number of rotatable bonds is 2. The van der Waals surface area contributed by atoms with Crippen LogP contribution < -0.4 is 11.3 Å². The van der Waals surface area contributed by atoms with Gasteiger partial charge in [0.1, 0.15) is 5.82 Å². The Morgan fingerprint density at radius 2 is 1.90 bits per heavy atom. The van der Waals surface area contributed by atoms with Gasteiger partial charge in [0.2, 0.25) is 0 Å². The molecule has 1 aromatic carbocycles. The van der Waals surface area contributed by atoms with Crippen LogP contribution in [0.15, 0.2) is 30.5 Å². The van der Waals surface area contributed by atoms with Gasteiger partial charge in [-0.25, -0.2) is 10.8 Å². The summed E-state index contributed by atoms with van der Waals surface area (Å²) < 4.78 is 11.4. The summed E-state index contributed by atoms with van der Waals surface area (Å²) in [7, 11) is -0.802. The summed E-state index contributed by atoms with van der Waals surface area (Å²) in [5.74, 6) is 7.01. The average molecular weight is 304 g/mol. The van der Waals surface area contributed by atoms with Crippen molar-refractivity contribution in [2.75, 3.05) is 30.0 Å². The van der Waals surface area contributed by atoms with Crippen LogP contribution >= 0.6 is 0 Å². The first-order valence-corrected chi connectivity index (χ1v) is 8.18. The molecule has 1 aliphatic rings. The van der Waals surface area contributed by atoms with Gasteiger partial charge in [0.05, 0.1) is 5.56 Å². The second-order valence-corrected chi connectivity index (χ2v) is 6.55. The number of benzene rings is 1. The third-order valence-electron chi connectivity index (χ3n) is 3.63. The lowest BCUT2D eigenvalue weighted by Crippen LogP contribution is -2.41. The van der Waals surface area contributed by atoms with Gasteiger partial charge >= 0.3 is 0 Å². The molecule has 6 nitrogen and oxygen atoms in total. The SMILES string of the molecule is NNc1ncc(C(=O)N2CCS(=O)CC2)c2ccccc12.